The van der Waals surface area contributed by atoms with Gasteiger partial charge < -0.3 is 9.67 Å². The summed E-state index contributed by atoms with van der Waals surface area (Å²) < 4.78 is 25.9. The van der Waals surface area contributed by atoms with Crippen molar-refractivity contribution >= 4 is 9.84 Å². The number of rotatable bonds is 3. The molecule has 0 radical (unpaired) electrons. The summed E-state index contributed by atoms with van der Waals surface area (Å²) in [7, 11) is -2.91. The molecule has 1 aromatic rings. The number of aliphatic hydroxyl groups excluding tert-OH is 1. The first-order chi connectivity index (χ1) is 9.10. The van der Waals surface area contributed by atoms with E-state index in [1.54, 1.807) is 0 Å². The Morgan fingerprint density at radius 2 is 2.26 bits per heavy atom. The maximum Gasteiger partial charge on any atom is 0.153 e. The highest BCUT2D eigenvalue weighted by Gasteiger charge is 2.33. The van der Waals surface area contributed by atoms with Crippen LogP contribution in [0.1, 0.15) is 30.8 Å². The zero-order valence-corrected chi connectivity index (χ0v) is 11.8. The van der Waals surface area contributed by atoms with Gasteiger partial charge in [0.25, 0.3) is 0 Å². The van der Waals surface area contributed by atoms with E-state index >= 15 is 0 Å². The van der Waals surface area contributed by atoms with Crippen LogP contribution in [0.4, 0.5) is 0 Å². The highest BCUT2D eigenvalue weighted by atomic mass is 32.2. The Balaban J connectivity index is 1.81. The second-order valence-electron chi connectivity index (χ2n) is 5.70. The van der Waals surface area contributed by atoms with Crippen LogP contribution in [0.3, 0.4) is 0 Å². The standard InChI is InChI=1S/C13H20N2O3S/c16-9-10-3-4-11-7-14-13(15(11)8-10)6-12-2-1-5-19(12,17)18/h7,10,12,16H,1-6,8-9H2. The number of sulfone groups is 1. The minimum atomic E-state index is -2.91. The van der Waals surface area contributed by atoms with Crippen molar-refractivity contribution in [2.45, 2.75) is 43.9 Å². The van der Waals surface area contributed by atoms with Crippen LogP contribution in [0.15, 0.2) is 6.20 Å². The van der Waals surface area contributed by atoms with Crippen LogP contribution in [0.5, 0.6) is 0 Å². The quantitative estimate of drug-likeness (QED) is 0.880. The van der Waals surface area contributed by atoms with E-state index in [4.69, 9.17) is 0 Å². The molecule has 2 aliphatic rings. The molecule has 19 heavy (non-hydrogen) atoms. The number of imidazole rings is 1. The number of aryl methyl sites for hydroxylation is 1. The number of nitrogens with zero attached hydrogens (tertiary/aromatic N) is 2. The molecular weight excluding hydrogens is 264 g/mol. The Morgan fingerprint density at radius 3 is 2.95 bits per heavy atom. The second-order valence-corrected chi connectivity index (χ2v) is 8.10. The summed E-state index contributed by atoms with van der Waals surface area (Å²) in [5, 5.41) is 9.03. The largest absolute Gasteiger partial charge is 0.396 e. The average Bonchev–Trinajstić information content (AvgIpc) is 2.94. The summed E-state index contributed by atoms with van der Waals surface area (Å²) in [4.78, 5) is 4.41. The van der Waals surface area contributed by atoms with Gasteiger partial charge in [-0.3, -0.25) is 0 Å². The molecule has 2 atom stereocenters. The number of aliphatic hydroxyl groups is 1. The summed E-state index contributed by atoms with van der Waals surface area (Å²) in [5.74, 6) is 1.48. The SMILES string of the molecule is O=S1(=O)CCCC1Cc1ncc2n1CC(CO)CC2. The monoisotopic (exact) mass is 284 g/mol. The Labute approximate surface area is 113 Å². The molecule has 0 aromatic carbocycles. The lowest BCUT2D eigenvalue weighted by atomic mass is 9.99. The van der Waals surface area contributed by atoms with Crippen molar-refractivity contribution in [2.75, 3.05) is 12.4 Å². The zero-order chi connectivity index (χ0) is 13.5. The number of hydrogen-bond acceptors (Lipinski definition) is 4. The van der Waals surface area contributed by atoms with Gasteiger partial charge in [0.2, 0.25) is 0 Å². The van der Waals surface area contributed by atoms with Crippen LogP contribution in [-0.4, -0.2) is 40.7 Å². The number of fused-ring (bicyclic) bond motifs is 1. The van der Waals surface area contributed by atoms with Crippen molar-refractivity contribution < 1.29 is 13.5 Å². The summed E-state index contributed by atoms with van der Waals surface area (Å²) in [6, 6.07) is 0. The third kappa shape index (κ3) is 2.43. The van der Waals surface area contributed by atoms with E-state index in [2.05, 4.69) is 9.55 Å². The molecule has 3 rings (SSSR count). The van der Waals surface area contributed by atoms with Gasteiger partial charge in [-0.25, -0.2) is 13.4 Å². The van der Waals surface area contributed by atoms with Crippen LogP contribution in [-0.2, 0) is 29.2 Å². The molecule has 1 fully saturated rings. The molecule has 0 saturated carbocycles. The van der Waals surface area contributed by atoms with Gasteiger partial charge in [0, 0.05) is 37.4 Å². The lowest BCUT2D eigenvalue weighted by Gasteiger charge is -2.24. The third-order valence-corrected chi connectivity index (χ3v) is 6.68. The topological polar surface area (TPSA) is 72.2 Å². The smallest absolute Gasteiger partial charge is 0.153 e. The fourth-order valence-electron chi connectivity index (χ4n) is 3.18. The van der Waals surface area contributed by atoms with Gasteiger partial charge in [-0.15, -0.1) is 0 Å². The fraction of sp³-hybridized carbons (Fsp3) is 0.769. The Kier molecular flexibility index (Phi) is 3.39. The molecular formula is C13H20N2O3S. The molecule has 1 aromatic heterocycles. The molecule has 106 valence electrons. The Bertz CT molecular complexity index is 564. The van der Waals surface area contributed by atoms with E-state index in [1.807, 2.05) is 6.20 Å². The summed E-state index contributed by atoms with van der Waals surface area (Å²) >= 11 is 0. The van der Waals surface area contributed by atoms with Crippen molar-refractivity contribution in [3.05, 3.63) is 17.7 Å². The Hall–Kier alpha value is -0.880. The highest BCUT2D eigenvalue weighted by Crippen LogP contribution is 2.26. The number of aromatic nitrogens is 2. The molecule has 0 amide bonds. The van der Waals surface area contributed by atoms with Gasteiger partial charge in [-0.1, -0.05) is 0 Å². The predicted molar refractivity (Wildman–Crippen MR) is 71.6 cm³/mol. The maximum absolute atomic E-state index is 11.9. The molecule has 1 saturated heterocycles. The summed E-state index contributed by atoms with van der Waals surface area (Å²) in [6.45, 7) is 0.965. The molecule has 2 aliphatic heterocycles. The maximum atomic E-state index is 11.9. The van der Waals surface area contributed by atoms with Crippen LogP contribution in [0.2, 0.25) is 0 Å². The van der Waals surface area contributed by atoms with Crippen LogP contribution >= 0.6 is 0 Å². The second kappa shape index (κ2) is 4.90. The van der Waals surface area contributed by atoms with Crippen LogP contribution in [0, 0.1) is 5.92 Å². The van der Waals surface area contributed by atoms with E-state index in [9.17, 15) is 13.5 Å². The van der Waals surface area contributed by atoms with E-state index in [0.717, 1.165) is 38.1 Å². The first kappa shape index (κ1) is 13.1. The predicted octanol–water partition coefficient (Wildman–Crippen LogP) is 0.557. The molecule has 6 heteroatoms. The van der Waals surface area contributed by atoms with Crippen molar-refractivity contribution in [1.29, 1.82) is 0 Å². The molecule has 2 unspecified atom stereocenters. The third-order valence-electron chi connectivity index (χ3n) is 4.40. The first-order valence-corrected chi connectivity index (χ1v) is 8.67. The van der Waals surface area contributed by atoms with Crippen molar-refractivity contribution in [3.8, 4) is 0 Å². The lowest BCUT2D eigenvalue weighted by Crippen LogP contribution is -2.26. The zero-order valence-electron chi connectivity index (χ0n) is 11.0. The lowest BCUT2D eigenvalue weighted by molar-refractivity contribution is 0.190. The molecule has 3 heterocycles. The molecule has 0 aliphatic carbocycles. The fourth-order valence-corrected chi connectivity index (χ4v) is 5.01. The normalized spacial score (nSPS) is 29.3. The van der Waals surface area contributed by atoms with Gasteiger partial charge in [-0.05, 0) is 25.7 Å². The van der Waals surface area contributed by atoms with Crippen LogP contribution in [0.25, 0.3) is 0 Å². The van der Waals surface area contributed by atoms with E-state index < -0.39 is 9.84 Å². The van der Waals surface area contributed by atoms with Crippen molar-refractivity contribution in [2.24, 2.45) is 5.92 Å². The van der Waals surface area contributed by atoms with Gasteiger partial charge in [0.1, 0.15) is 5.82 Å². The van der Waals surface area contributed by atoms with E-state index in [1.165, 1.54) is 5.69 Å². The van der Waals surface area contributed by atoms with Crippen molar-refractivity contribution in [1.82, 2.24) is 9.55 Å². The van der Waals surface area contributed by atoms with E-state index in [0.29, 0.717) is 12.2 Å². The van der Waals surface area contributed by atoms with Crippen LogP contribution < -0.4 is 0 Å². The number of hydrogen-bond donors (Lipinski definition) is 1. The average molecular weight is 284 g/mol. The molecule has 5 nitrogen and oxygen atoms in total. The van der Waals surface area contributed by atoms with Gasteiger partial charge in [0.15, 0.2) is 9.84 Å². The van der Waals surface area contributed by atoms with Gasteiger partial charge in [-0.2, -0.15) is 0 Å². The summed E-state index contributed by atoms with van der Waals surface area (Å²) in [6.07, 6.45) is 5.85. The molecule has 0 bridgehead atoms. The van der Waals surface area contributed by atoms with E-state index in [-0.39, 0.29) is 17.8 Å². The van der Waals surface area contributed by atoms with Gasteiger partial charge >= 0.3 is 0 Å². The highest BCUT2D eigenvalue weighted by molar-refractivity contribution is 7.92. The van der Waals surface area contributed by atoms with Gasteiger partial charge in [0.05, 0.1) is 11.0 Å². The summed E-state index contributed by atoms with van der Waals surface area (Å²) in [5.41, 5.74) is 1.18. The minimum Gasteiger partial charge on any atom is -0.396 e. The molecule has 1 N–H and O–H groups in total. The van der Waals surface area contributed by atoms with Crippen molar-refractivity contribution in [3.63, 3.8) is 0 Å². The minimum absolute atomic E-state index is 0.193. The Morgan fingerprint density at radius 1 is 1.42 bits per heavy atom. The molecule has 0 spiro atoms. The first-order valence-electron chi connectivity index (χ1n) is 6.96.